The van der Waals surface area contributed by atoms with Crippen molar-refractivity contribution >= 4 is 17.6 Å². The summed E-state index contributed by atoms with van der Waals surface area (Å²) >= 11 is 0. The molecule has 1 rings (SSSR count). The Bertz CT molecular complexity index is 425. The Morgan fingerprint density at radius 3 is 2.56 bits per heavy atom. The highest BCUT2D eigenvalue weighted by Gasteiger charge is 2.21. The molecule has 0 aromatic carbocycles. The van der Waals surface area contributed by atoms with Gasteiger partial charge in [0, 0.05) is 13.1 Å². The standard InChI is InChI=1S/C11H19N5O2/c1-4-16(5-2)11(18)7(3)14-10(17)8-6-13-15-9(8)12/h6-7H,4-5H2,1-3H3,(H,14,17)(H3,12,13,15). The number of rotatable bonds is 5. The number of nitrogens with one attached hydrogen (secondary N) is 2. The van der Waals surface area contributed by atoms with Gasteiger partial charge in [-0.05, 0) is 20.8 Å². The van der Waals surface area contributed by atoms with Gasteiger partial charge in [-0.25, -0.2) is 0 Å². The predicted octanol–water partition coefficient (Wildman–Crippen LogP) is -0.0214. The zero-order chi connectivity index (χ0) is 13.7. The molecular weight excluding hydrogens is 234 g/mol. The van der Waals surface area contributed by atoms with Crippen LogP contribution in [-0.4, -0.2) is 46.0 Å². The molecule has 0 aliphatic rings. The average Bonchev–Trinajstić information content (AvgIpc) is 2.76. The van der Waals surface area contributed by atoms with Crippen LogP contribution in [0.3, 0.4) is 0 Å². The Morgan fingerprint density at radius 1 is 1.50 bits per heavy atom. The molecule has 100 valence electrons. The minimum atomic E-state index is -0.591. The fraction of sp³-hybridized carbons (Fsp3) is 0.545. The van der Waals surface area contributed by atoms with E-state index in [1.807, 2.05) is 13.8 Å². The number of hydrogen-bond donors (Lipinski definition) is 3. The van der Waals surface area contributed by atoms with Gasteiger partial charge >= 0.3 is 0 Å². The van der Waals surface area contributed by atoms with Crippen molar-refractivity contribution < 1.29 is 9.59 Å². The summed E-state index contributed by atoms with van der Waals surface area (Å²) in [6.45, 7) is 6.66. The molecular formula is C11H19N5O2. The van der Waals surface area contributed by atoms with E-state index >= 15 is 0 Å². The number of amides is 2. The third-order valence-corrected chi connectivity index (χ3v) is 2.71. The van der Waals surface area contributed by atoms with Crippen LogP contribution in [0.5, 0.6) is 0 Å². The smallest absolute Gasteiger partial charge is 0.257 e. The van der Waals surface area contributed by atoms with Gasteiger partial charge in [0.1, 0.15) is 17.4 Å². The lowest BCUT2D eigenvalue weighted by Crippen LogP contribution is -2.46. The molecule has 0 radical (unpaired) electrons. The van der Waals surface area contributed by atoms with Crippen LogP contribution in [0.15, 0.2) is 6.20 Å². The maximum atomic E-state index is 12.0. The molecule has 1 unspecified atom stereocenters. The molecule has 0 spiro atoms. The van der Waals surface area contributed by atoms with Gasteiger partial charge in [-0.15, -0.1) is 0 Å². The van der Waals surface area contributed by atoms with Crippen LogP contribution in [0.4, 0.5) is 5.82 Å². The SMILES string of the molecule is CCN(CC)C(=O)C(C)NC(=O)c1cn[nH]c1N. The van der Waals surface area contributed by atoms with Gasteiger partial charge in [-0.2, -0.15) is 5.10 Å². The second-order valence-corrected chi connectivity index (χ2v) is 3.90. The van der Waals surface area contributed by atoms with Gasteiger partial charge in [0.2, 0.25) is 5.91 Å². The number of aromatic amines is 1. The fourth-order valence-corrected chi connectivity index (χ4v) is 1.62. The Balaban J connectivity index is 2.65. The summed E-state index contributed by atoms with van der Waals surface area (Å²) in [6, 6.07) is -0.591. The maximum absolute atomic E-state index is 12.0. The zero-order valence-corrected chi connectivity index (χ0v) is 10.9. The van der Waals surface area contributed by atoms with Crippen LogP contribution in [-0.2, 0) is 4.79 Å². The zero-order valence-electron chi connectivity index (χ0n) is 10.9. The summed E-state index contributed by atoms with van der Waals surface area (Å²) < 4.78 is 0. The number of nitrogens with zero attached hydrogens (tertiary/aromatic N) is 2. The van der Waals surface area contributed by atoms with Crippen molar-refractivity contribution in [3.05, 3.63) is 11.8 Å². The lowest BCUT2D eigenvalue weighted by Gasteiger charge is -2.23. The normalized spacial score (nSPS) is 11.9. The van der Waals surface area contributed by atoms with E-state index in [2.05, 4.69) is 15.5 Å². The third-order valence-electron chi connectivity index (χ3n) is 2.71. The molecule has 2 amide bonds. The molecule has 18 heavy (non-hydrogen) atoms. The van der Waals surface area contributed by atoms with Crippen LogP contribution in [0.25, 0.3) is 0 Å². The van der Waals surface area contributed by atoms with Crippen LogP contribution in [0.1, 0.15) is 31.1 Å². The van der Waals surface area contributed by atoms with Gasteiger partial charge in [-0.3, -0.25) is 14.7 Å². The second kappa shape index (κ2) is 6.04. The topological polar surface area (TPSA) is 104 Å². The summed E-state index contributed by atoms with van der Waals surface area (Å²) in [6.07, 6.45) is 1.33. The van der Waals surface area contributed by atoms with Crippen LogP contribution in [0, 0.1) is 0 Å². The highest BCUT2D eigenvalue weighted by Crippen LogP contribution is 2.06. The molecule has 0 bridgehead atoms. The van der Waals surface area contributed by atoms with E-state index in [9.17, 15) is 9.59 Å². The van der Waals surface area contributed by atoms with Crippen molar-refractivity contribution in [3.63, 3.8) is 0 Å². The predicted molar refractivity (Wildman–Crippen MR) is 67.9 cm³/mol. The van der Waals surface area contributed by atoms with Crippen LogP contribution < -0.4 is 11.1 Å². The Kier molecular flexibility index (Phi) is 4.70. The van der Waals surface area contributed by atoms with Crippen LogP contribution >= 0.6 is 0 Å². The molecule has 1 heterocycles. The molecule has 0 fully saturated rings. The molecule has 7 heteroatoms. The summed E-state index contributed by atoms with van der Waals surface area (Å²) in [7, 11) is 0. The largest absolute Gasteiger partial charge is 0.383 e. The number of nitrogens with two attached hydrogens (primary N) is 1. The molecule has 1 aromatic heterocycles. The minimum absolute atomic E-state index is 0.115. The number of carbonyl (C=O) groups excluding carboxylic acids is 2. The molecule has 0 saturated carbocycles. The number of hydrogen-bond acceptors (Lipinski definition) is 4. The van der Waals surface area contributed by atoms with E-state index in [0.717, 1.165) is 0 Å². The Hall–Kier alpha value is -2.05. The minimum Gasteiger partial charge on any atom is -0.383 e. The molecule has 0 saturated heterocycles. The molecule has 0 aliphatic carbocycles. The lowest BCUT2D eigenvalue weighted by molar-refractivity contribution is -0.132. The van der Waals surface area contributed by atoms with E-state index in [4.69, 9.17) is 5.73 Å². The summed E-state index contributed by atoms with van der Waals surface area (Å²) in [4.78, 5) is 25.4. The Morgan fingerprint density at radius 2 is 2.11 bits per heavy atom. The third kappa shape index (κ3) is 2.99. The first-order chi connectivity index (χ1) is 8.51. The van der Waals surface area contributed by atoms with Crippen molar-refractivity contribution in [3.8, 4) is 0 Å². The molecule has 0 aliphatic heterocycles. The van der Waals surface area contributed by atoms with Gasteiger partial charge in [-0.1, -0.05) is 0 Å². The highest BCUT2D eigenvalue weighted by molar-refractivity contribution is 6.00. The van der Waals surface area contributed by atoms with Gasteiger partial charge in [0.25, 0.3) is 5.91 Å². The lowest BCUT2D eigenvalue weighted by atomic mass is 10.2. The van der Waals surface area contributed by atoms with Crippen molar-refractivity contribution in [1.82, 2.24) is 20.4 Å². The molecule has 1 atom stereocenters. The Labute approximate surface area is 106 Å². The summed E-state index contributed by atoms with van der Waals surface area (Å²) in [5.41, 5.74) is 5.78. The highest BCUT2D eigenvalue weighted by atomic mass is 16.2. The van der Waals surface area contributed by atoms with E-state index in [1.165, 1.54) is 6.20 Å². The van der Waals surface area contributed by atoms with E-state index < -0.39 is 11.9 Å². The van der Waals surface area contributed by atoms with Gasteiger partial charge < -0.3 is 16.0 Å². The number of anilines is 1. The fourth-order valence-electron chi connectivity index (χ4n) is 1.62. The number of aromatic nitrogens is 2. The summed E-state index contributed by atoms with van der Waals surface area (Å²) in [5.74, 6) is -0.334. The molecule has 1 aromatic rings. The van der Waals surface area contributed by atoms with E-state index in [-0.39, 0.29) is 17.3 Å². The van der Waals surface area contributed by atoms with Gasteiger partial charge in [0.05, 0.1) is 6.20 Å². The number of nitrogen functional groups attached to an aromatic ring is 1. The number of likely N-dealkylation sites (N-methyl/N-ethyl adjacent to an activating group) is 1. The number of carbonyl (C=O) groups is 2. The average molecular weight is 253 g/mol. The molecule has 4 N–H and O–H groups in total. The van der Waals surface area contributed by atoms with Gasteiger partial charge in [0.15, 0.2) is 0 Å². The molecule has 7 nitrogen and oxygen atoms in total. The maximum Gasteiger partial charge on any atom is 0.257 e. The monoisotopic (exact) mass is 253 g/mol. The van der Waals surface area contributed by atoms with Crippen molar-refractivity contribution in [1.29, 1.82) is 0 Å². The first-order valence-electron chi connectivity index (χ1n) is 5.89. The van der Waals surface area contributed by atoms with E-state index in [1.54, 1.807) is 11.8 Å². The second-order valence-electron chi connectivity index (χ2n) is 3.90. The van der Waals surface area contributed by atoms with Crippen molar-refractivity contribution in [2.24, 2.45) is 0 Å². The first kappa shape index (κ1) is 14.0. The summed E-state index contributed by atoms with van der Waals surface area (Å²) in [5, 5.41) is 8.73. The van der Waals surface area contributed by atoms with Crippen LogP contribution in [0.2, 0.25) is 0 Å². The quantitative estimate of drug-likeness (QED) is 0.685. The van der Waals surface area contributed by atoms with Crippen molar-refractivity contribution in [2.75, 3.05) is 18.8 Å². The first-order valence-corrected chi connectivity index (χ1v) is 5.89. The number of H-pyrrole nitrogens is 1. The van der Waals surface area contributed by atoms with E-state index in [0.29, 0.717) is 13.1 Å². The van der Waals surface area contributed by atoms with Crippen molar-refractivity contribution in [2.45, 2.75) is 26.8 Å².